The van der Waals surface area contributed by atoms with E-state index in [0.717, 1.165) is 0 Å². The lowest BCUT2D eigenvalue weighted by Gasteiger charge is -2.27. The summed E-state index contributed by atoms with van der Waals surface area (Å²) in [5, 5.41) is 38.2. The maximum absolute atomic E-state index is 13.1. The Morgan fingerprint density at radius 1 is 0.622 bits per heavy atom. The van der Waals surface area contributed by atoms with Crippen molar-refractivity contribution in [2.24, 2.45) is 17.4 Å². The highest BCUT2D eigenvalue weighted by Gasteiger charge is 2.34. The molecular weight excluding hydrogens is 642 g/mol. The van der Waals surface area contributed by atoms with Crippen LogP contribution in [0.4, 0.5) is 0 Å². The number of thiol groups is 2. The van der Waals surface area contributed by atoms with Crippen LogP contribution in [0.15, 0.2) is 0 Å². The number of hydrogen-bond donors (Lipinski definition) is 12. The molecule has 0 aromatic rings. The SMILES string of the molecule is CC(C)[C@H](NC(=O)[C@@H](N)CC(=O)O)C(=O)N[C@@H](CS)C(=O)N[C@@H](CCC(N)=O)C(=O)N[C@@H](CC(=O)O)C(=O)N[C@@H](CS)C(=O)O. The molecule has 0 bridgehead atoms. The first-order valence-corrected chi connectivity index (χ1v) is 14.5. The second kappa shape index (κ2) is 20.0. The molecule has 6 atom stereocenters. The van der Waals surface area contributed by atoms with Crippen LogP contribution < -0.4 is 38.1 Å². The Kier molecular flexibility index (Phi) is 18.2. The third kappa shape index (κ3) is 15.4. The first-order chi connectivity index (χ1) is 20.8. The molecule has 0 aliphatic heterocycles. The minimum Gasteiger partial charge on any atom is -0.481 e. The van der Waals surface area contributed by atoms with E-state index in [1.807, 2.05) is 5.32 Å². The Labute approximate surface area is 268 Å². The Morgan fingerprint density at radius 3 is 1.51 bits per heavy atom. The normalized spacial score (nSPS) is 14.8. The van der Waals surface area contributed by atoms with Crippen LogP contribution in [0.25, 0.3) is 0 Å². The Bertz CT molecular complexity index is 1140. The van der Waals surface area contributed by atoms with Crippen molar-refractivity contribution in [3.63, 3.8) is 0 Å². The largest absolute Gasteiger partial charge is 0.481 e. The number of nitrogens with two attached hydrogens (primary N) is 2. The van der Waals surface area contributed by atoms with Gasteiger partial charge in [-0.05, 0) is 12.3 Å². The van der Waals surface area contributed by atoms with Crippen LogP contribution in [0.1, 0.15) is 39.5 Å². The Hall–Kier alpha value is -4.11. The molecule has 254 valence electrons. The number of aliphatic carboxylic acids is 3. The minimum absolute atomic E-state index is 0.344. The van der Waals surface area contributed by atoms with Crippen molar-refractivity contribution in [1.29, 1.82) is 0 Å². The van der Waals surface area contributed by atoms with Gasteiger partial charge in [-0.25, -0.2) is 4.79 Å². The Morgan fingerprint density at radius 2 is 1.07 bits per heavy atom. The van der Waals surface area contributed by atoms with Gasteiger partial charge in [0.05, 0.1) is 18.9 Å². The maximum Gasteiger partial charge on any atom is 0.327 e. The van der Waals surface area contributed by atoms with E-state index in [1.165, 1.54) is 0 Å². The second-order valence-corrected chi connectivity index (χ2v) is 10.7. The van der Waals surface area contributed by atoms with Crippen LogP contribution in [-0.4, -0.2) is 116 Å². The summed E-state index contributed by atoms with van der Waals surface area (Å²) in [4.78, 5) is 109. The molecule has 0 unspecified atom stereocenters. The maximum atomic E-state index is 13.1. The van der Waals surface area contributed by atoms with Crippen molar-refractivity contribution in [3.8, 4) is 0 Å². The molecule has 0 aliphatic carbocycles. The fourth-order valence-corrected chi connectivity index (χ4v) is 3.98. The molecule has 0 aromatic carbocycles. The van der Waals surface area contributed by atoms with Crippen molar-refractivity contribution in [2.75, 3.05) is 11.5 Å². The first-order valence-electron chi connectivity index (χ1n) is 13.3. The van der Waals surface area contributed by atoms with Crippen LogP contribution in [0.3, 0.4) is 0 Å². The molecule has 6 amide bonds. The highest BCUT2D eigenvalue weighted by atomic mass is 32.1. The predicted octanol–water partition coefficient (Wildman–Crippen LogP) is -4.45. The molecule has 19 nitrogen and oxygen atoms in total. The average Bonchev–Trinajstić information content (AvgIpc) is 2.93. The lowest BCUT2D eigenvalue weighted by Crippen LogP contribution is -2.60. The predicted molar refractivity (Wildman–Crippen MR) is 161 cm³/mol. The van der Waals surface area contributed by atoms with Crippen molar-refractivity contribution in [1.82, 2.24) is 26.6 Å². The van der Waals surface area contributed by atoms with Crippen molar-refractivity contribution in [3.05, 3.63) is 0 Å². The molecule has 0 spiro atoms. The molecule has 0 saturated carbocycles. The summed E-state index contributed by atoms with van der Waals surface area (Å²) in [6, 6.07) is -9.13. The molecular formula is C24H39N7O12S2. The van der Waals surface area contributed by atoms with Gasteiger partial charge in [-0.3, -0.25) is 38.4 Å². The second-order valence-electron chi connectivity index (χ2n) is 9.99. The highest BCUT2D eigenvalue weighted by Crippen LogP contribution is 2.06. The van der Waals surface area contributed by atoms with E-state index in [9.17, 15) is 48.3 Å². The number of carboxylic acid groups (broad SMARTS) is 3. The van der Waals surface area contributed by atoms with E-state index in [-0.39, 0.29) is 11.5 Å². The lowest BCUT2D eigenvalue weighted by atomic mass is 10.0. The zero-order chi connectivity index (χ0) is 35.0. The Balaban J connectivity index is 5.89. The van der Waals surface area contributed by atoms with Gasteiger partial charge < -0.3 is 53.4 Å². The van der Waals surface area contributed by atoms with Gasteiger partial charge in [0.15, 0.2) is 0 Å². The summed E-state index contributed by atoms with van der Waals surface area (Å²) in [5.74, 6) is -11.7. The van der Waals surface area contributed by atoms with Crippen LogP contribution in [0.5, 0.6) is 0 Å². The minimum atomic E-state index is -1.81. The van der Waals surface area contributed by atoms with E-state index in [1.54, 1.807) is 13.8 Å². The molecule has 45 heavy (non-hydrogen) atoms. The van der Waals surface area contributed by atoms with Crippen LogP contribution in [-0.2, 0) is 43.2 Å². The number of carbonyl (C=O) groups excluding carboxylic acids is 6. The molecule has 0 rings (SSSR count). The van der Waals surface area contributed by atoms with Gasteiger partial charge in [0.25, 0.3) is 0 Å². The third-order valence-electron chi connectivity index (χ3n) is 5.92. The van der Waals surface area contributed by atoms with Gasteiger partial charge >= 0.3 is 17.9 Å². The van der Waals surface area contributed by atoms with Gasteiger partial charge in [-0.15, -0.1) is 0 Å². The van der Waals surface area contributed by atoms with Crippen LogP contribution >= 0.6 is 25.3 Å². The monoisotopic (exact) mass is 681 g/mol. The number of carboxylic acids is 3. The fraction of sp³-hybridized carbons (Fsp3) is 0.625. The number of nitrogens with one attached hydrogen (secondary N) is 5. The number of primary amides is 1. The zero-order valence-electron chi connectivity index (χ0n) is 24.3. The van der Waals surface area contributed by atoms with E-state index in [4.69, 9.17) is 21.7 Å². The van der Waals surface area contributed by atoms with Gasteiger partial charge in [0.2, 0.25) is 35.4 Å². The molecule has 0 aromatic heterocycles. The van der Waals surface area contributed by atoms with Gasteiger partial charge in [-0.1, -0.05) is 13.8 Å². The average molecular weight is 682 g/mol. The number of carbonyl (C=O) groups is 9. The summed E-state index contributed by atoms with van der Waals surface area (Å²) >= 11 is 7.82. The van der Waals surface area contributed by atoms with Gasteiger partial charge in [0, 0.05) is 17.9 Å². The number of amides is 6. The van der Waals surface area contributed by atoms with Crippen molar-refractivity contribution >= 4 is 78.6 Å². The molecule has 0 saturated heterocycles. The number of rotatable bonds is 21. The summed E-state index contributed by atoms with van der Waals surface area (Å²) in [7, 11) is 0. The van der Waals surface area contributed by atoms with Gasteiger partial charge in [0.1, 0.15) is 30.2 Å². The van der Waals surface area contributed by atoms with Crippen LogP contribution in [0.2, 0.25) is 0 Å². The summed E-state index contributed by atoms with van der Waals surface area (Å²) < 4.78 is 0. The van der Waals surface area contributed by atoms with E-state index < -0.39 is 121 Å². The van der Waals surface area contributed by atoms with Crippen molar-refractivity contribution in [2.45, 2.75) is 75.8 Å². The zero-order valence-corrected chi connectivity index (χ0v) is 26.1. The van der Waals surface area contributed by atoms with E-state index in [0.29, 0.717) is 0 Å². The van der Waals surface area contributed by atoms with E-state index in [2.05, 4.69) is 46.5 Å². The van der Waals surface area contributed by atoms with Crippen molar-refractivity contribution < 1.29 is 58.5 Å². The van der Waals surface area contributed by atoms with E-state index >= 15 is 0 Å². The van der Waals surface area contributed by atoms with Gasteiger partial charge in [-0.2, -0.15) is 25.3 Å². The highest BCUT2D eigenvalue weighted by molar-refractivity contribution is 7.80. The smallest absolute Gasteiger partial charge is 0.327 e. The first kappa shape index (κ1) is 40.9. The molecule has 12 N–H and O–H groups in total. The summed E-state index contributed by atoms with van der Waals surface area (Å²) in [6.07, 6.45) is -2.58. The molecule has 0 heterocycles. The number of hydrogen-bond acceptors (Lipinski definition) is 12. The summed E-state index contributed by atoms with van der Waals surface area (Å²) in [6.45, 7) is 3.09. The molecule has 0 aliphatic rings. The third-order valence-corrected chi connectivity index (χ3v) is 6.65. The molecule has 0 radical (unpaired) electrons. The van der Waals surface area contributed by atoms with Crippen LogP contribution in [0, 0.1) is 5.92 Å². The molecule has 21 heteroatoms. The topological polar surface area (TPSA) is 327 Å². The summed E-state index contributed by atoms with van der Waals surface area (Å²) in [5.41, 5.74) is 10.7. The standard InChI is InChI=1S/C24H39N7O12S2/c1-9(2)18(31-19(37)10(25)5-16(33)34)23(41)29-13(7-44)22(40)27-11(3-4-15(26)32)20(38)28-12(6-17(35)36)21(39)30-14(8-45)24(42)43/h9-14,18,44-45H,3-8,25H2,1-2H3,(H2,26,32)(H,27,40)(H,28,38)(H,29,41)(H,30,39)(H,31,37)(H,33,34)(H,35,36)(H,42,43)/t10-,11-,12-,13-,14-,18-/m0/s1. The quantitative estimate of drug-likeness (QED) is 0.0509. The lowest BCUT2D eigenvalue weighted by molar-refractivity contribution is -0.143. The fourth-order valence-electron chi connectivity index (χ4n) is 3.47. The molecule has 0 fully saturated rings.